The minimum absolute atomic E-state index is 0.0190. The van der Waals surface area contributed by atoms with Crippen molar-refractivity contribution in [2.45, 2.75) is 70.2 Å². The number of benzene rings is 1. The number of nitrogens with zero attached hydrogens (tertiary/aromatic N) is 5. The predicted octanol–water partition coefficient (Wildman–Crippen LogP) is 1.30. The molecule has 19 heteroatoms. The van der Waals surface area contributed by atoms with E-state index in [0.717, 1.165) is 23.8 Å². The highest BCUT2D eigenvalue weighted by atomic mass is 32.3. The maximum absolute atomic E-state index is 15.6. The number of amides is 5. The molecule has 5 amide bonds. The number of pyridine rings is 1. The average Bonchev–Trinajstić information content (AvgIpc) is 3.83. The number of ether oxygens (including phenoxy) is 1. The zero-order valence-corrected chi connectivity index (χ0v) is 27.3. The summed E-state index contributed by atoms with van der Waals surface area (Å²) in [5.41, 5.74) is 3.40. The molecule has 1 aromatic heterocycles. The van der Waals surface area contributed by atoms with Crippen molar-refractivity contribution in [1.29, 1.82) is 0 Å². The lowest BCUT2D eigenvalue weighted by molar-refractivity contribution is -0.126. The monoisotopic (exact) mass is 693 g/mol. The number of piperidine rings is 1. The third-order valence-electron chi connectivity index (χ3n) is 8.66. The first-order chi connectivity index (χ1) is 22.5. The predicted molar refractivity (Wildman–Crippen MR) is 165 cm³/mol. The van der Waals surface area contributed by atoms with Gasteiger partial charge in [0, 0.05) is 50.3 Å². The lowest BCUT2D eigenvalue weighted by atomic mass is 10.0. The van der Waals surface area contributed by atoms with Crippen molar-refractivity contribution in [1.82, 2.24) is 30.3 Å². The minimum atomic E-state index is -4.97. The topological polar surface area (TPSA) is 200 Å². The molecule has 0 unspecified atom stereocenters. The third-order valence-corrected chi connectivity index (χ3v) is 9.01. The standard InChI is InChI=1S/C29H36FN7O10S/c1-29(2,3)46-28(42)34-10-8-33(9-11-34)23-13-22-18(12-20(23)30)24(38)19(15-35(22)16-4-5-16)25(39)31-32-26(40)21-7-6-17-14-36(21)27(41)37(17)47-48(43,44)45/h12-13,15-17,21H,4-11,14H2,1-3H3,(H,31,39)(H,32,40)(H,43,44,45)/t17-,21+/m1/s1. The van der Waals surface area contributed by atoms with E-state index in [0.29, 0.717) is 36.8 Å². The summed E-state index contributed by atoms with van der Waals surface area (Å²) in [4.78, 5) is 69.2. The van der Waals surface area contributed by atoms with Crippen LogP contribution < -0.4 is 21.2 Å². The van der Waals surface area contributed by atoms with Crippen LogP contribution in [0.5, 0.6) is 0 Å². The molecule has 2 bridgehead atoms. The molecule has 2 atom stereocenters. The number of carbonyl (C=O) groups excluding carboxylic acids is 4. The van der Waals surface area contributed by atoms with Gasteiger partial charge in [-0.1, -0.05) is 0 Å². The summed E-state index contributed by atoms with van der Waals surface area (Å²) in [6.45, 7) is 6.60. The molecule has 1 aromatic carbocycles. The second-order valence-corrected chi connectivity index (χ2v) is 14.2. The summed E-state index contributed by atoms with van der Waals surface area (Å²) < 4.78 is 58.4. The largest absolute Gasteiger partial charge is 0.444 e. The number of carbonyl (C=O) groups is 4. The summed E-state index contributed by atoms with van der Waals surface area (Å²) >= 11 is 0. The summed E-state index contributed by atoms with van der Waals surface area (Å²) in [5.74, 6) is -2.42. The van der Waals surface area contributed by atoms with Crippen LogP contribution in [0.15, 0.2) is 23.1 Å². The zero-order chi connectivity index (χ0) is 34.7. The van der Waals surface area contributed by atoms with Gasteiger partial charge in [-0.05, 0) is 58.6 Å². The molecule has 17 nitrogen and oxygen atoms in total. The molecule has 260 valence electrons. The van der Waals surface area contributed by atoms with Crippen molar-refractivity contribution in [3.8, 4) is 0 Å². The first-order valence-corrected chi connectivity index (χ1v) is 16.9. The highest BCUT2D eigenvalue weighted by Crippen LogP contribution is 2.38. The van der Waals surface area contributed by atoms with Crippen LogP contribution in [0, 0.1) is 5.82 Å². The van der Waals surface area contributed by atoms with Crippen LogP contribution in [0.2, 0.25) is 0 Å². The number of urea groups is 1. The molecule has 1 saturated carbocycles. The van der Waals surface area contributed by atoms with Gasteiger partial charge in [-0.3, -0.25) is 29.8 Å². The Morgan fingerprint density at radius 1 is 0.979 bits per heavy atom. The van der Waals surface area contributed by atoms with Crippen molar-refractivity contribution in [2.75, 3.05) is 37.6 Å². The Kier molecular flexibility index (Phi) is 8.49. The lowest BCUT2D eigenvalue weighted by Crippen LogP contribution is -2.54. The zero-order valence-electron chi connectivity index (χ0n) is 26.5. The molecule has 6 rings (SSSR count). The number of aromatic nitrogens is 1. The quantitative estimate of drug-likeness (QED) is 0.291. The number of hydrazine groups is 1. The second kappa shape index (κ2) is 12.2. The molecule has 2 aromatic rings. The number of piperazine rings is 1. The molecule has 0 radical (unpaired) electrons. The van der Waals surface area contributed by atoms with Crippen molar-refractivity contribution in [2.24, 2.45) is 0 Å². The van der Waals surface area contributed by atoms with E-state index in [1.807, 2.05) is 0 Å². The SMILES string of the molecule is CC(C)(C)OC(=O)N1CCN(c2cc3c(cc2F)c(=O)c(C(=O)NNC(=O)[C@@H]2CC[C@@H]4CN2C(=O)N4OS(=O)(=O)O)cn3C2CC2)CC1. The van der Waals surface area contributed by atoms with Gasteiger partial charge >= 0.3 is 22.5 Å². The van der Waals surface area contributed by atoms with Crippen LogP contribution in [0.1, 0.15) is 62.9 Å². The molecule has 3 N–H and O–H groups in total. The van der Waals surface area contributed by atoms with E-state index < -0.39 is 63.3 Å². The van der Waals surface area contributed by atoms with Gasteiger partial charge in [0.2, 0.25) is 5.43 Å². The van der Waals surface area contributed by atoms with E-state index >= 15 is 4.39 Å². The molecule has 4 aliphatic rings. The van der Waals surface area contributed by atoms with Crippen LogP contribution in [0.25, 0.3) is 10.9 Å². The smallest absolute Gasteiger partial charge is 0.418 e. The normalized spacial score (nSPS) is 21.5. The summed E-state index contributed by atoms with van der Waals surface area (Å²) in [5, 5.41) is 0.472. The molecular weight excluding hydrogens is 657 g/mol. The number of rotatable bonds is 6. The van der Waals surface area contributed by atoms with E-state index in [4.69, 9.17) is 9.29 Å². The van der Waals surface area contributed by atoms with E-state index in [1.54, 1.807) is 41.2 Å². The molecule has 1 aliphatic carbocycles. The molecule has 3 saturated heterocycles. The highest BCUT2D eigenvalue weighted by Gasteiger charge is 2.49. The Hall–Kier alpha value is -4.49. The first kappa shape index (κ1) is 33.4. The molecule has 3 aliphatic heterocycles. The van der Waals surface area contributed by atoms with Crippen LogP contribution in [-0.2, 0) is 24.2 Å². The number of hydrogen-bond acceptors (Lipinski definition) is 10. The van der Waals surface area contributed by atoms with Crippen LogP contribution in [0.4, 0.5) is 19.7 Å². The van der Waals surface area contributed by atoms with Gasteiger partial charge in [0.25, 0.3) is 11.8 Å². The highest BCUT2D eigenvalue weighted by molar-refractivity contribution is 7.80. The summed E-state index contributed by atoms with van der Waals surface area (Å²) in [6, 6.07) is -0.105. The third kappa shape index (κ3) is 6.74. The Balaban J connectivity index is 1.17. The number of halogens is 1. The van der Waals surface area contributed by atoms with Gasteiger partial charge in [-0.25, -0.2) is 14.0 Å². The van der Waals surface area contributed by atoms with Crippen molar-refractivity contribution in [3.63, 3.8) is 0 Å². The molecule has 0 spiro atoms. The average molecular weight is 694 g/mol. The summed E-state index contributed by atoms with van der Waals surface area (Å²) in [7, 11) is -4.97. The van der Waals surface area contributed by atoms with Crippen LogP contribution in [-0.4, -0.2) is 107 Å². The molecule has 4 heterocycles. The number of hydroxylamine groups is 2. The van der Waals surface area contributed by atoms with E-state index in [-0.39, 0.29) is 42.1 Å². The van der Waals surface area contributed by atoms with E-state index in [2.05, 4.69) is 15.1 Å². The minimum Gasteiger partial charge on any atom is -0.444 e. The van der Waals surface area contributed by atoms with Crippen LogP contribution >= 0.6 is 0 Å². The van der Waals surface area contributed by atoms with Crippen molar-refractivity contribution in [3.05, 3.63) is 39.9 Å². The molecule has 4 fully saturated rings. The van der Waals surface area contributed by atoms with E-state index in [9.17, 15) is 32.4 Å². The first-order valence-electron chi connectivity index (χ1n) is 15.5. The van der Waals surface area contributed by atoms with Crippen LogP contribution in [0.3, 0.4) is 0 Å². The summed E-state index contributed by atoms with van der Waals surface area (Å²) in [6.07, 6.45) is 2.77. The van der Waals surface area contributed by atoms with Gasteiger partial charge in [0.1, 0.15) is 23.0 Å². The number of hydrogen-bond donors (Lipinski definition) is 3. The van der Waals surface area contributed by atoms with E-state index in [1.165, 1.54) is 6.20 Å². The van der Waals surface area contributed by atoms with Gasteiger partial charge in [-0.15, -0.1) is 4.28 Å². The van der Waals surface area contributed by atoms with Crippen molar-refractivity contribution >= 4 is 50.9 Å². The lowest BCUT2D eigenvalue weighted by Gasteiger charge is -2.37. The second-order valence-electron chi connectivity index (χ2n) is 13.2. The Morgan fingerprint density at radius 2 is 1.65 bits per heavy atom. The Morgan fingerprint density at radius 3 is 2.27 bits per heavy atom. The fourth-order valence-corrected chi connectivity index (χ4v) is 6.64. The fourth-order valence-electron chi connectivity index (χ4n) is 6.25. The maximum Gasteiger partial charge on any atom is 0.418 e. The Labute approximate surface area is 274 Å². The van der Waals surface area contributed by atoms with Gasteiger partial charge in [0.15, 0.2) is 0 Å². The fraction of sp³-hybridized carbons (Fsp3) is 0.552. The van der Waals surface area contributed by atoms with Crippen molar-refractivity contribution < 1.29 is 45.6 Å². The number of fused-ring (bicyclic) bond motifs is 3. The maximum atomic E-state index is 15.6. The van der Waals surface area contributed by atoms with Gasteiger partial charge in [-0.2, -0.15) is 13.5 Å². The molecule has 48 heavy (non-hydrogen) atoms. The molecular formula is C29H36FN7O10S. The van der Waals surface area contributed by atoms with Gasteiger partial charge in [0.05, 0.1) is 17.2 Å². The number of anilines is 1. The van der Waals surface area contributed by atoms with Gasteiger partial charge < -0.3 is 24.0 Å². The number of nitrogens with one attached hydrogen (secondary N) is 2. The Bertz CT molecular complexity index is 1850.